The van der Waals surface area contributed by atoms with Gasteiger partial charge in [0.15, 0.2) is 0 Å². The van der Waals surface area contributed by atoms with Crippen LogP contribution in [-0.2, 0) is 0 Å². The molecule has 0 amide bonds. The minimum atomic E-state index is 0.540. The molecule has 64 valence electrons. The second kappa shape index (κ2) is 3.55. The third-order valence-electron chi connectivity index (χ3n) is 2.27. The van der Waals surface area contributed by atoms with E-state index < -0.39 is 0 Å². The van der Waals surface area contributed by atoms with E-state index in [4.69, 9.17) is 0 Å². The van der Waals surface area contributed by atoms with Crippen LogP contribution in [0.1, 0.15) is 17.2 Å². The van der Waals surface area contributed by atoms with Crippen LogP contribution in [0.3, 0.4) is 0 Å². The average Bonchev–Trinajstić information content (AvgIpc) is 2.17. The van der Waals surface area contributed by atoms with E-state index in [0.29, 0.717) is 4.71 Å². The second-order valence-electron chi connectivity index (χ2n) is 3.24. The molecule has 2 rings (SSSR count). The molecular weight excluding hydrogens is 219 g/mol. The first-order valence-electron chi connectivity index (χ1n) is 4.45. The maximum atomic E-state index is 2.69. The molecule has 0 N–H and O–H groups in total. The van der Waals surface area contributed by atoms with Gasteiger partial charge in [-0.25, -0.2) is 0 Å². The van der Waals surface area contributed by atoms with Crippen molar-refractivity contribution < 1.29 is 0 Å². The van der Waals surface area contributed by atoms with Gasteiger partial charge in [0.25, 0.3) is 0 Å². The van der Waals surface area contributed by atoms with Gasteiger partial charge >= 0.3 is 87.3 Å². The van der Waals surface area contributed by atoms with E-state index in [2.05, 4.69) is 66.2 Å². The molecule has 2 aromatic carbocycles. The summed E-state index contributed by atoms with van der Waals surface area (Å²) >= 11 is 2.69. The molecule has 0 fully saturated rings. The maximum absolute atomic E-state index is 2.69. The van der Waals surface area contributed by atoms with E-state index in [0.717, 1.165) is 0 Å². The summed E-state index contributed by atoms with van der Waals surface area (Å²) in [6.07, 6.45) is 0. The number of rotatable bonds is 1. The van der Waals surface area contributed by atoms with Crippen molar-refractivity contribution in [3.8, 4) is 0 Å². The molecule has 1 atom stereocenters. The van der Waals surface area contributed by atoms with Crippen molar-refractivity contribution >= 4 is 27.6 Å². The zero-order valence-corrected chi connectivity index (χ0v) is 9.44. The van der Waals surface area contributed by atoms with Crippen molar-refractivity contribution in [2.24, 2.45) is 0 Å². The van der Waals surface area contributed by atoms with Gasteiger partial charge in [-0.1, -0.05) is 0 Å². The van der Waals surface area contributed by atoms with Crippen molar-refractivity contribution in [2.75, 3.05) is 0 Å². The van der Waals surface area contributed by atoms with Crippen LogP contribution in [0.15, 0.2) is 42.5 Å². The molecule has 0 saturated heterocycles. The molecule has 0 spiro atoms. The van der Waals surface area contributed by atoms with E-state index in [1.54, 1.807) is 0 Å². The predicted octanol–water partition coefficient (Wildman–Crippen LogP) is 3.07. The fourth-order valence-electron chi connectivity index (χ4n) is 1.61. The summed E-state index contributed by atoms with van der Waals surface area (Å²) in [7, 11) is 0. The average molecular weight is 230 g/mol. The fraction of sp³-hybridized carbons (Fsp3) is 0.167. The summed E-state index contributed by atoms with van der Waals surface area (Å²) in [5.41, 5.74) is 1.41. The van der Waals surface area contributed by atoms with E-state index in [1.165, 1.54) is 16.3 Å². The molecular formula is C12H11As. The summed E-state index contributed by atoms with van der Waals surface area (Å²) < 4.78 is 0.540. The molecule has 1 unspecified atom stereocenters. The Hall–Kier alpha value is -0.742. The molecule has 0 aliphatic heterocycles. The molecule has 0 nitrogen and oxygen atoms in total. The Balaban J connectivity index is 2.76. The first kappa shape index (κ1) is 8.84. The molecule has 0 bridgehead atoms. The Kier molecular flexibility index (Phi) is 2.42. The first-order valence-corrected chi connectivity index (χ1v) is 5.53. The number of hydrogen-bond donors (Lipinski definition) is 0. The van der Waals surface area contributed by atoms with Gasteiger partial charge in [-0.05, 0) is 0 Å². The predicted molar refractivity (Wildman–Crippen MR) is 58.1 cm³/mol. The molecule has 13 heavy (non-hydrogen) atoms. The number of benzene rings is 2. The van der Waals surface area contributed by atoms with Crippen LogP contribution in [0.2, 0.25) is 0 Å². The van der Waals surface area contributed by atoms with Crippen molar-refractivity contribution in [3.05, 3.63) is 48.0 Å². The van der Waals surface area contributed by atoms with Crippen LogP contribution in [-0.4, -0.2) is 16.9 Å². The van der Waals surface area contributed by atoms with Gasteiger partial charge in [0.05, 0.1) is 0 Å². The minimum absolute atomic E-state index is 0.540. The summed E-state index contributed by atoms with van der Waals surface area (Å²) in [5, 5.41) is 2.70. The van der Waals surface area contributed by atoms with Gasteiger partial charge in [-0.15, -0.1) is 0 Å². The summed E-state index contributed by atoms with van der Waals surface area (Å²) in [6.45, 7) is 2.21. The third kappa shape index (κ3) is 1.64. The van der Waals surface area contributed by atoms with Crippen LogP contribution < -0.4 is 0 Å². The van der Waals surface area contributed by atoms with Crippen molar-refractivity contribution in [3.63, 3.8) is 0 Å². The first-order chi connectivity index (χ1) is 6.29. The Morgan fingerprint density at radius 1 is 1.00 bits per heavy atom. The van der Waals surface area contributed by atoms with Crippen molar-refractivity contribution in [2.45, 2.75) is 11.6 Å². The quantitative estimate of drug-likeness (QED) is 0.660. The molecule has 0 saturated carbocycles. The Morgan fingerprint density at radius 2 is 1.69 bits per heavy atom. The number of fused-ring (bicyclic) bond motifs is 1. The van der Waals surface area contributed by atoms with E-state index in [9.17, 15) is 0 Å². The fourth-order valence-corrected chi connectivity index (χ4v) is 2.09. The van der Waals surface area contributed by atoms with E-state index in [-0.39, 0.29) is 0 Å². The van der Waals surface area contributed by atoms with E-state index >= 15 is 0 Å². The second-order valence-corrected chi connectivity index (χ2v) is 4.87. The van der Waals surface area contributed by atoms with Crippen LogP contribution in [0, 0.1) is 0 Å². The van der Waals surface area contributed by atoms with Gasteiger partial charge in [0.2, 0.25) is 0 Å². The van der Waals surface area contributed by atoms with E-state index in [1.807, 2.05) is 0 Å². The van der Waals surface area contributed by atoms with Crippen molar-refractivity contribution in [1.29, 1.82) is 0 Å². The van der Waals surface area contributed by atoms with Crippen LogP contribution >= 0.6 is 0 Å². The van der Waals surface area contributed by atoms with Gasteiger partial charge in [0.1, 0.15) is 0 Å². The van der Waals surface area contributed by atoms with Crippen LogP contribution in [0.4, 0.5) is 0 Å². The summed E-state index contributed by atoms with van der Waals surface area (Å²) in [4.78, 5) is 0. The van der Waals surface area contributed by atoms with Crippen LogP contribution in [0.25, 0.3) is 10.8 Å². The number of hydrogen-bond acceptors (Lipinski definition) is 0. The molecule has 0 heterocycles. The molecule has 0 aliphatic rings. The molecule has 1 heteroatoms. The zero-order valence-electron chi connectivity index (χ0n) is 7.57. The Bertz CT molecular complexity index is 413. The van der Waals surface area contributed by atoms with Gasteiger partial charge in [0, 0.05) is 0 Å². The van der Waals surface area contributed by atoms with Crippen molar-refractivity contribution in [1.82, 2.24) is 0 Å². The zero-order chi connectivity index (χ0) is 9.26. The molecule has 2 aromatic rings. The van der Waals surface area contributed by atoms with Gasteiger partial charge in [-0.3, -0.25) is 0 Å². The summed E-state index contributed by atoms with van der Waals surface area (Å²) in [6, 6.07) is 15.0. The van der Waals surface area contributed by atoms with Gasteiger partial charge < -0.3 is 0 Å². The Labute approximate surface area is 87.5 Å². The normalized spacial score (nSPS) is 13.1. The Morgan fingerprint density at radius 3 is 2.46 bits per heavy atom. The molecule has 2 radical (unpaired) electrons. The molecule has 0 aromatic heterocycles. The monoisotopic (exact) mass is 230 g/mol. The molecule has 0 aliphatic carbocycles. The SMILES string of the molecule is CC([As])c1cccc2ccccc12. The third-order valence-corrected chi connectivity index (χ3v) is 2.86. The van der Waals surface area contributed by atoms with Crippen LogP contribution in [0.5, 0.6) is 0 Å². The van der Waals surface area contributed by atoms with Gasteiger partial charge in [-0.2, -0.15) is 0 Å². The topological polar surface area (TPSA) is 0 Å². The standard InChI is InChI=1S/C12H11As/c1-9(13)11-8-4-6-10-5-2-3-7-12(10)11/h2-9H,1H3. The summed E-state index contributed by atoms with van der Waals surface area (Å²) in [5.74, 6) is 0.